The summed E-state index contributed by atoms with van der Waals surface area (Å²) in [5.74, 6) is 0. The second-order valence-corrected chi connectivity index (χ2v) is 8.23. The molecule has 4 N–H and O–H groups in total. The second-order valence-electron chi connectivity index (χ2n) is 5.86. The van der Waals surface area contributed by atoms with Crippen molar-refractivity contribution in [1.29, 1.82) is 0 Å². The molecule has 2 rings (SSSR count). The van der Waals surface area contributed by atoms with Gasteiger partial charge in [0.15, 0.2) is 0 Å². The van der Waals surface area contributed by atoms with Gasteiger partial charge in [-0.15, -0.1) is 0 Å². The Kier molecular flexibility index (Phi) is 12.5. The van der Waals surface area contributed by atoms with E-state index in [4.69, 9.17) is 9.11 Å². The Morgan fingerprint density at radius 2 is 0.870 bits per heavy atom. The van der Waals surface area contributed by atoms with Crippen molar-refractivity contribution in [1.82, 2.24) is 9.44 Å². The zero-order valence-corrected chi connectivity index (χ0v) is 19.4. The quantitative estimate of drug-likeness (QED) is 0.340. The van der Waals surface area contributed by atoms with Crippen molar-refractivity contribution in [2.75, 3.05) is 0 Å². The minimum Gasteiger partial charge on any atom is -0.273 e. The van der Waals surface area contributed by atoms with Crippen molar-refractivity contribution in [3.05, 3.63) is 0 Å². The van der Waals surface area contributed by atoms with Crippen LogP contribution >= 0.6 is 0 Å². The smallest absolute Gasteiger partial charge is 0.273 e. The first-order chi connectivity index (χ1) is 10.2. The van der Waals surface area contributed by atoms with E-state index >= 15 is 0 Å². The SMILES string of the molecule is O=S(=O)(O)NC1CCCCC1.O=S(=O)(O)NC1CCCCC1.[Ba]. The summed E-state index contributed by atoms with van der Waals surface area (Å²) in [4.78, 5) is 0. The largest absolute Gasteiger partial charge is 0.333 e. The maximum atomic E-state index is 10.3. The second kappa shape index (κ2) is 11.8. The van der Waals surface area contributed by atoms with E-state index in [2.05, 4.69) is 9.44 Å². The molecule has 134 valence electrons. The van der Waals surface area contributed by atoms with Crippen LogP contribution in [0.5, 0.6) is 0 Å². The van der Waals surface area contributed by atoms with Crippen LogP contribution in [-0.2, 0) is 20.6 Å². The van der Waals surface area contributed by atoms with Crippen LogP contribution in [0.25, 0.3) is 0 Å². The van der Waals surface area contributed by atoms with Gasteiger partial charge in [0, 0.05) is 61.0 Å². The van der Waals surface area contributed by atoms with Crippen molar-refractivity contribution < 1.29 is 25.9 Å². The molecular formula is C12H26BaN2O6S2. The van der Waals surface area contributed by atoms with E-state index in [0.717, 1.165) is 51.4 Å². The normalized spacial score (nSPS) is 21.0. The molecule has 2 aliphatic carbocycles. The zero-order valence-electron chi connectivity index (χ0n) is 13.3. The molecule has 0 aromatic carbocycles. The molecule has 0 aromatic heterocycles. The Morgan fingerprint density at radius 3 is 1.09 bits per heavy atom. The molecule has 0 amide bonds. The van der Waals surface area contributed by atoms with Crippen LogP contribution in [0.3, 0.4) is 0 Å². The third-order valence-electron chi connectivity index (χ3n) is 3.84. The Labute approximate surface area is 179 Å². The van der Waals surface area contributed by atoms with Gasteiger partial charge in [-0.3, -0.25) is 9.11 Å². The maximum Gasteiger partial charge on any atom is 0.333 e. The van der Waals surface area contributed by atoms with E-state index in [1.807, 2.05) is 0 Å². The molecule has 0 aromatic rings. The van der Waals surface area contributed by atoms with Crippen molar-refractivity contribution in [2.45, 2.75) is 76.3 Å². The fourth-order valence-electron chi connectivity index (χ4n) is 2.86. The van der Waals surface area contributed by atoms with Gasteiger partial charge in [-0.2, -0.15) is 26.3 Å². The fraction of sp³-hybridized carbons (Fsp3) is 1.00. The summed E-state index contributed by atoms with van der Waals surface area (Å²) in [5.41, 5.74) is 0. The summed E-state index contributed by atoms with van der Waals surface area (Å²) in [7, 11) is -7.95. The van der Waals surface area contributed by atoms with Crippen molar-refractivity contribution in [3.8, 4) is 0 Å². The third-order valence-corrected chi connectivity index (χ3v) is 5.10. The topological polar surface area (TPSA) is 133 Å². The van der Waals surface area contributed by atoms with Gasteiger partial charge in [-0.05, 0) is 25.7 Å². The average molecular weight is 496 g/mol. The number of hydrogen-bond donors (Lipinski definition) is 4. The maximum absolute atomic E-state index is 10.3. The molecule has 0 unspecified atom stereocenters. The van der Waals surface area contributed by atoms with Crippen LogP contribution in [0.15, 0.2) is 0 Å². The Balaban J connectivity index is 0.000000403. The predicted molar refractivity (Wildman–Crippen MR) is 88.9 cm³/mol. The molecule has 8 nitrogen and oxygen atoms in total. The van der Waals surface area contributed by atoms with Crippen LogP contribution in [-0.4, -0.2) is 86.9 Å². The molecule has 2 saturated carbocycles. The van der Waals surface area contributed by atoms with E-state index in [9.17, 15) is 16.8 Å². The van der Waals surface area contributed by atoms with Gasteiger partial charge in [0.2, 0.25) is 0 Å². The Hall–Kier alpha value is 1.31. The van der Waals surface area contributed by atoms with Gasteiger partial charge in [-0.25, -0.2) is 0 Å². The molecule has 2 aliphatic rings. The molecule has 0 spiro atoms. The summed E-state index contributed by atoms with van der Waals surface area (Å²) in [6.07, 6.45) is 9.92. The predicted octanol–water partition coefficient (Wildman–Crippen LogP) is 1.04. The molecule has 0 saturated heterocycles. The summed E-state index contributed by atoms with van der Waals surface area (Å²) in [6, 6.07) is -0.0856. The molecular weight excluding hydrogens is 470 g/mol. The molecule has 2 radical (unpaired) electrons. The first-order valence-corrected chi connectivity index (χ1v) is 10.5. The minimum atomic E-state index is -3.97. The Morgan fingerprint density at radius 1 is 0.609 bits per heavy atom. The first-order valence-electron chi connectivity index (χ1n) is 7.65. The molecule has 0 heterocycles. The monoisotopic (exact) mass is 496 g/mol. The number of hydrogen-bond acceptors (Lipinski definition) is 4. The first kappa shape index (κ1) is 24.3. The van der Waals surface area contributed by atoms with E-state index in [0.29, 0.717) is 0 Å². The van der Waals surface area contributed by atoms with E-state index in [1.165, 1.54) is 12.8 Å². The minimum absolute atomic E-state index is 0. The van der Waals surface area contributed by atoms with Gasteiger partial charge >= 0.3 is 20.6 Å². The average Bonchev–Trinajstić information content (AvgIpc) is 2.38. The van der Waals surface area contributed by atoms with Gasteiger partial charge < -0.3 is 0 Å². The van der Waals surface area contributed by atoms with E-state index in [1.54, 1.807) is 0 Å². The van der Waals surface area contributed by atoms with Crippen LogP contribution in [0.1, 0.15) is 64.2 Å². The molecule has 2 fully saturated rings. The molecule has 0 aliphatic heterocycles. The molecule has 0 bridgehead atoms. The summed E-state index contributed by atoms with van der Waals surface area (Å²) < 4.78 is 62.6. The van der Waals surface area contributed by atoms with Gasteiger partial charge in [0.25, 0.3) is 0 Å². The molecule has 23 heavy (non-hydrogen) atoms. The number of rotatable bonds is 4. The van der Waals surface area contributed by atoms with Crippen molar-refractivity contribution in [2.24, 2.45) is 0 Å². The summed E-state index contributed by atoms with van der Waals surface area (Å²) in [6.45, 7) is 0. The van der Waals surface area contributed by atoms with E-state index in [-0.39, 0.29) is 61.0 Å². The Bertz CT molecular complexity index is 466. The van der Waals surface area contributed by atoms with Crippen LogP contribution < -0.4 is 9.44 Å². The van der Waals surface area contributed by atoms with Gasteiger partial charge in [0.1, 0.15) is 0 Å². The number of nitrogens with one attached hydrogen (secondary N) is 2. The third kappa shape index (κ3) is 14.2. The van der Waals surface area contributed by atoms with Crippen LogP contribution in [0.4, 0.5) is 0 Å². The summed E-state index contributed by atoms with van der Waals surface area (Å²) >= 11 is 0. The molecule has 0 atom stereocenters. The fourth-order valence-corrected chi connectivity index (χ4v) is 4.18. The van der Waals surface area contributed by atoms with Crippen LogP contribution in [0, 0.1) is 0 Å². The zero-order chi connectivity index (χ0) is 16.6. The molecule has 11 heteroatoms. The van der Waals surface area contributed by atoms with Crippen LogP contribution in [0.2, 0.25) is 0 Å². The van der Waals surface area contributed by atoms with Gasteiger partial charge in [0.05, 0.1) is 0 Å². The standard InChI is InChI=1S/2C6H13NO3S.Ba/c2*8-11(9,10)7-6-4-2-1-3-5-6;/h2*6-7H,1-5H2,(H,8,9,10);. The summed E-state index contributed by atoms with van der Waals surface area (Å²) in [5, 5.41) is 0. The van der Waals surface area contributed by atoms with Crippen molar-refractivity contribution in [3.63, 3.8) is 0 Å². The van der Waals surface area contributed by atoms with Crippen molar-refractivity contribution >= 4 is 69.5 Å². The van der Waals surface area contributed by atoms with E-state index < -0.39 is 20.6 Å². The van der Waals surface area contributed by atoms with Gasteiger partial charge in [-0.1, -0.05) is 38.5 Å².